The number of nitrogens with zero attached hydrogens (tertiary/aromatic N) is 2. The molecule has 0 unspecified atom stereocenters. The summed E-state index contributed by atoms with van der Waals surface area (Å²) in [5, 5.41) is 2.56. The van der Waals surface area contributed by atoms with Gasteiger partial charge in [-0.1, -0.05) is 78.9 Å². The number of hydrogen-bond donors (Lipinski definition) is 0. The minimum atomic E-state index is 0.967. The average Bonchev–Trinajstić information content (AvgIpc) is 3.53. The molecule has 0 amide bonds. The third kappa shape index (κ3) is 3.24. The van der Waals surface area contributed by atoms with Gasteiger partial charge in [0, 0.05) is 35.3 Å². The number of rotatable bonds is 3. The van der Waals surface area contributed by atoms with Gasteiger partial charge in [0.05, 0.1) is 11.0 Å². The molecule has 2 heteroatoms. The molecule has 0 spiro atoms. The number of aromatic nitrogens is 2. The topological polar surface area (TPSA) is 17.8 Å². The summed E-state index contributed by atoms with van der Waals surface area (Å²) >= 11 is 0. The van der Waals surface area contributed by atoms with Crippen molar-refractivity contribution >= 4 is 21.8 Å². The summed E-state index contributed by atoms with van der Waals surface area (Å²) in [6, 6.07) is 44.2. The van der Waals surface area contributed by atoms with Gasteiger partial charge in [-0.2, -0.15) is 0 Å². The maximum atomic E-state index is 4.32. The second kappa shape index (κ2) is 8.29. The lowest BCUT2D eigenvalue weighted by Gasteiger charge is -2.12. The number of hydrogen-bond acceptors (Lipinski definition) is 1. The van der Waals surface area contributed by atoms with Crippen molar-refractivity contribution in [2.24, 2.45) is 0 Å². The van der Waals surface area contributed by atoms with Gasteiger partial charge in [-0.3, -0.25) is 4.98 Å². The van der Waals surface area contributed by atoms with Gasteiger partial charge < -0.3 is 4.57 Å². The van der Waals surface area contributed by atoms with E-state index >= 15 is 0 Å². The molecule has 178 valence electrons. The van der Waals surface area contributed by atoms with Crippen LogP contribution in [-0.2, 0) is 6.42 Å². The zero-order valence-electron chi connectivity index (χ0n) is 20.8. The monoisotopic (exact) mass is 484 g/mol. The van der Waals surface area contributed by atoms with Crippen molar-refractivity contribution in [3.8, 4) is 39.1 Å². The summed E-state index contributed by atoms with van der Waals surface area (Å²) in [5.74, 6) is 0. The molecule has 2 aromatic heterocycles. The molecule has 2 heterocycles. The number of para-hydroxylation sites is 2. The molecule has 0 fully saturated rings. The fourth-order valence-corrected chi connectivity index (χ4v) is 6.10. The molecule has 1 aliphatic carbocycles. The molecule has 0 aliphatic heterocycles. The van der Waals surface area contributed by atoms with Crippen LogP contribution in [0.3, 0.4) is 0 Å². The SMILES string of the molecule is c1cc(-c2cccc(-n3c4ccccc4c4ccccc43)c2)cc(-c2ccc3c(c2)-c2ccncc2C3)c1. The van der Waals surface area contributed by atoms with Gasteiger partial charge in [-0.25, -0.2) is 0 Å². The Morgan fingerprint density at radius 3 is 1.92 bits per heavy atom. The van der Waals surface area contributed by atoms with Crippen molar-refractivity contribution in [3.63, 3.8) is 0 Å². The molecule has 0 atom stereocenters. The largest absolute Gasteiger partial charge is 0.309 e. The Bertz CT molecular complexity index is 1960. The van der Waals surface area contributed by atoms with Crippen LogP contribution in [0.25, 0.3) is 60.9 Å². The molecule has 1 aliphatic rings. The highest BCUT2D eigenvalue weighted by molar-refractivity contribution is 6.09. The van der Waals surface area contributed by atoms with Crippen LogP contribution in [0.5, 0.6) is 0 Å². The lowest BCUT2D eigenvalue weighted by Crippen LogP contribution is -1.94. The lowest BCUT2D eigenvalue weighted by molar-refractivity contribution is 1.18. The summed E-state index contributed by atoms with van der Waals surface area (Å²) in [5.41, 5.74) is 13.9. The first kappa shape index (κ1) is 21.2. The van der Waals surface area contributed by atoms with Gasteiger partial charge >= 0.3 is 0 Å². The van der Waals surface area contributed by atoms with Crippen LogP contribution in [-0.4, -0.2) is 9.55 Å². The average molecular weight is 485 g/mol. The maximum Gasteiger partial charge on any atom is 0.0541 e. The molecule has 5 aromatic carbocycles. The first-order valence-corrected chi connectivity index (χ1v) is 13.1. The van der Waals surface area contributed by atoms with E-state index in [2.05, 4.69) is 131 Å². The molecule has 0 saturated heterocycles. The zero-order valence-corrected chi connectivity index (χ0v) is 20.8. The number of fused-ring (bicyclic) bond motifs is 6. The maximum absolute atomic E-state index is 4.32. The van der Waals surface area contributed by atoms with Gasteiger partial charge in [0.1, 0.15) is 0 Å². The summed E-state index contributed by atoms with van der Waals surface area (Å²) in [4.78, 5) is 4.32. The highest BCUT2D eigenvalue weighted by atomic mass is 15.0. The summed E-state index contributed by atoms with van der Waals surface area (Å²) in [7, 11) is 0. The van der Waals surface area contributed by atoms with Crippen LogP contribution in [0, 0.1) is 0 Å². The second-order valence-corrected chi connectivity index (χ2v) is 10.1. The fourth-order valence-electron chi connectivity index (χ4n) is 6.10. The Balaban J connectivity index is 1.23. The van der Waals surface area contributed by atoms with Crippen LogP contribution >= 0.6 is 0 Å². The van der Waals surface area contributed by atoms with E-state index in [9.17, 15) is 0 Å². The Morgan fingerprint density at radius 2 is 1.16 bits per heavy atom. The van der Waals surface area contributed by atoms with Crippen molar-refractivity contribution in [2.45, 2.75) is 6.42 Å². The van der Waals surface area contributed by atoms with E-state index in [4.69, 9.17) is 0 Å². The number of benzene rings is 5. The van der Waals surface area contributed by atoms with Crippen LogP contribution in [0.15, 0.2) is 134 Å². The number of pyridine rings is 1. The van der Waals surface area contributed by atoms with E-state index in [1.54, 1.807) is 0 Å². The molecule has 0 saturated carbocycles. The highest BCUT2D eigenvalue weighted by Gasteiger charge is 2.19. The molecule has 8 rings (SSSR count). The second-order valence-electron chi connectivity index (χ2n) is 10.1. The third-order valence-corrected chi connectivity index (χ3v) is 7.90. The minimum Gasteiger partial charge on any atom is -0.309 e. The summed E-state index contributed by atoms with van der Waals surface area (Å²) in [6.07, 6.45) is 4.86. The molecule has 7 aromatic rings. The van der Waals surface area contributed by atoms with Gasteiger partial charge in [0.15, 0.2) is 0 Å². The zero-order chi connectivity index (χ0) is 25.1. The molecule has 0 radical (unpaired) electrons. The first-order chi connectivity index (χ1) is 18.8. The van der Waals surface area contributed by atoms with E-state index in [0.717, 1.165) is 6.42 Å². The van der Waals surface area contributed by atoms with E-state index in [-0.39, 0.29) is 0 Å². The molecule has 0 bridgehead atoms. The predicted octanol–water partition coefficient (Wildman–Crippen LogP) is 9.08. The van der Waals surface area contributed by atoms with E-state index in [0.29, 0.717) is 0 Å². The van der Waals surface area contributed by atoms with Crippen molar-refractivity contribution in [3.05, 3.63) is 145 Å². The third-order valence-electron chi connectivity index (χ3n) is 7.90. The highest BCUT2D eigenvalue weighted by Crippen LogP contribution is 2.39. The normalized spacial score (nSPS) is 12.1. The first-order valence-electron chi connectivity index (χ1n) is 13.1. The van der Waals surface area contributed by atoms with Gasteiger partial charge in [0.2, 0.25) is 0 Å². The van der Waals surface area contributed by atoms with E-state index in [1.165, 1.54) is 72.0 Å². The van der Waals surface area contributed by atoms with Crippen molar-refractivity contribution in [2.75, 3.05) is 0 Å². The van der Waals surface area contributed by atoms with E-state index < -0.39 is 0 Å². The van der Waals surface area contributed by atoms with Crippen molar-refractivity contribution < 1.29 is 0 Å². The molecule has 38 heavy (non-hydrogen) atoms. The quantitative estimate of drug-likeness (QED) is 0.244. The van der Waals surface area contributed by atoms with E-state index in [1.807, 2.05) is 12.4 Å². The van der Waals surface area contributed by atoms with Gasteiger partial charge in [0.25, 0.3) is 0 Å². The Kier molecular flexibility index (Phi) is 4.62. The van der Waals surface area contributed by atoms with Crippen LogP contribution in [0.2, 0.25) is 0 Å². The molecular weight excluding hydrogens is 460 g/mol. The lowest BCUT2D eigenvalue weighted by atomic mass is 9.96. The van der Waals surface area contributed by atoms with Crippen molar-refractivity contribution in [1.29, 1.82) is 0 Å². The van der Waals surface area contributed by atoms with Crippen LogP contribution in [0.4, 0.5) is 0 Å². The molecule has 0 N–H and O–H groups in total. The Labute approximate surface area is 221 Å². The van der Waals surface area contributed by atoms with Crippen LogP contribution < -0.4 is 0 Å². The Hall–Kier alpha value is -4.95. The van der Waals surface area contributed by atoms with Gasteiger partial charge in [-0.15, -0.1) is 0 Å². The van der Waals surface area contributed by atoms with Crippen LogP contribution in [0.1, 0.15) is 11.1 Å². The Morgan fingerprint density at radius 1 is 0.500 bits per heavy atom. The molecule has 2 nitrogen and oxygen atoms in total. The van der Waals surface area contributed by atoms with Gasteiger partial charge in [-0.05, 0) is 87.0 Å². The summed E-state index contributed by atoms with van der Waals surface area (Å²) in [6.45, 7) is 0. The predicted molar refractivity (Wildman–Crippen MR) is 158 cm³/mol. The molecular formula is C36H24N2. The van der Waals surface area contributed by atoms with Crippen molar-refractivity contribution in [1.82, 2.24) is 9.55 Å². The summed E-state index contributed by atoms with van der Waals surface area (Å²) < 4.78 is 2.38. The minimum absolute atomic E-state index is 0.967. The standard InChI is InChI=1S/C36H24N2/c1-3-13-35-32(11-1)33-12-2-4-14-36(33)38(35)30-10-6-9-26(21-30)24-7-5-8-25(19-24)27-15-16-28-20-29-23-37-18-17-31(29)34(28)22-27/h1-19,21-23H,20H2. The smallest absolute Gasteiger partial charge is 0.0541 e. The fraction of sp³-hybridized carbons (Fsp3) is 0.0278.